The molecule has 0 aliphatic heterocycles. The number of nitrogen functional groups attached to an aromatic ring is 1. The van der Waals surface area contributed by atoms with Gasteiger partial charge in [-0.05, 0) is 48.4 Å². The molecule has 1 atom stereocenters. The molecule has 2 heteroatoms. The van der Waals surface area contributed by atoms with Gasteiger partial charge in [-0.1, -0.05) is 36.4 Å². The summed E-state index contributed by atoms with van der Waals surface area (Å²) in [6.45, 7) is 0. The molecule has 2 aromatic carbocycles. The van der Waals surface area contributed by atoms with E-state index in [1.807, 2.05) is 23.9 Å². The first-order chi connectivity index (χ1) is 9.34. The van der Waals surface area contributed by atoms with Crippen LogP contribution < -0.4 is 5.73 Å². The van der Waals surface area contributed by atoms with Crippen LogP contribution in [0.1, 0.15) is 29.9 Å². The van der Waals surface area contributed by atoms with Crippen molar-refractivity contribution >= 4 is 17.4 Å². The van der Waals surface area contributed by atoms with Crippen molar-refractivity contribution in [3.8, 4) is 0 Å². The van der Waals surface area contributed by atoms with Crippen molar-refractivity contribution in [2.24, 2.45) is 0 Å². The topological polar surface area (TPSA) is 26.0 Å². The van der Waals surface area contributed by atoms with Crippen molar-refractivity contribution in [2.45, 2.75) is 30.1 Å². The molecule has 98 valence electrons. The lowest BCUT2D eigenvalue weighted by atomic mass is 9.84. The number of thioether (sulfide) groups is 1. The van der Waals surface area contributed by atoms with E-state index in [0.717, 1.165) is 11.4 Å². The largest absolute Gasteiger partial charge is 0.398 e. The lowest BCUT2D eigenvalue weighted by molar-refractivity contribution is 0.596. The molecular formula is C17H19NS. The lowest BCUT2D eigenvalue weighted by Crippen LogP contribution is -2.11. The molecule has 0 fully saturated rings. The zero-order valence-corrected chi connectivity index (χ0v) is 11.8. The first kappa shape index (κ1) is 12.6. The summed E-state index contributed by atoms with van der Waals surface area (Å²) in [5.74, 6) is 1.81. The average molecular weight is 269 g/mol. The molecule has 1 unspecified atom stereocenters. The molecule has 0 spiro atoms. The van der Waals surface area contributed by atoms with Crippen LogP contribution in [-0.4, -0.2) is 5.75 Å². The second kappa shape index (κ2) is 5.70. The molecule has 1 aliphatic rings. The fraction of sp³-hybridized carbons (Fsp3) is 0.294. The van der Waals surface area contributed by atoms with Gasteiger partial charge in [-0.15, -0.1) is 11.8 Å². The van der Waals surface area contributed by atoms with Crippen LogP contribution in [0.25, 0.3) is 0 Å². The Balaban J connectivity index is 1.73. The molecule has 1 aliphatic carbocycles. The van der Waals surface area contributed by atoms with E-state index < -0.39 is 0 Å². The van der Waals surface area contributed by atoms with Crippen LogP contribution in [0, 0.1) is 0 Å². The molecule has 2 N–H and O–H groups in total. The third-order valence-electron chi connectivity index (χ3n) is 3.85. The van der Waals surface area contributed by atoms with Gasteiger partial charge in [0.25, 0.3) is 0 Å². The number of hydrogen-bond donors (Lipinski definition) is 1. The number of rotatable bonds is 3. The maximum absolute atomic E-state index is 6.01. The molecule has 0 bridgehead atoms. The fourth-order valence-electron chi connectivity index (χ4n) is 2.83. The predicted octanol–water partition coefficient (Wildman–Crippen LogP) is 4.48. The SMILES string of the molecule is Nc1ccccc1SCC1CCCc2ccccc21. The minimum absolute atomic E-state index is 0.676. The van der Waals surface area contributed by atoms with Crippen LogP contribution >= 0.6 is 11.8 Å². The van der Waals surface area contributed by atoms with Crippen molar-refractivity contribution in [3.05, 3.63) is 59.7 Å². The summed E-state index contributed by atoms with van der Waals surface area (Å²) in [6, 6.07) is 17.1. The maximum Gasteiger partial charge on any atom is 0.0452 e. The van der Waals surface area contributed by atoms with Gasteiger partial charge in [-0.2, -0.15) is 0 Å². The van der Waals surface area contributed by atoms with E-state index in [2.05, 4.69) is 36.4 Å². The van der Waals surface area contributed by atoms with E-state index in [0.29, 0.717) is 5.92 Å². The van der Waals surface area contributed by atoms with E-state index in [4.69, 9.17) is 5.73 Å². The smallest absolute Gasteiger partial charge is 0.0452 e. The second-order valence-electron chi connectivity index (χ2n) is 5.14. The highest BCUT2D eigenvalue weighted by molar-refractivity contribution is 7.99. The molecule has 0 radical (unpaired) electrons. The first-order valence-corrected chi connectivity index (χ1v) is 7.88. The van der Waals surface area contributed by atoms with Crippen LogP contribution in [0.5, 0.6) is 0 Å². The summed E-state index contributed by atoms with van der Waals surface area (Å²) in [6.07, 6.45) is 3.86. The zero-order chi connectivity index (χ0) is 13.1. The van der Waals surface area contributed by atoms with Gasteiger partial charge in [0.2, 0.25) is 0 Å². The Labute approximate surface area is 119 Å². The first-order valence-electron chi connectivity index (χ1n) is 6.89. The molecule has 0 saturated carbocycles. The molecule has 0 aromatic heterocycles. The molecule has 0 heterocycles. The van der Waals surface area contributed by atoms with Gasteiger partial charge in [0.05, 0.1) is 0 Å². The molecule has 3 rings (SSSR count). The number of para-hydroxylation sites is 1. The maximum atomic E-state index is 6.01. The Morgan fingerprint density at radius 3 is 2.74 bits per heavy atom. The quantitative estimate of drug-likeness (QED) is 0.656. The number of hydrogen-bond acceptors (Lipinski definition) is 2. The van der Waals surface area contributed by atoms with Gasteiger partial charge in [0, 0.05) is 16.3 Å². The number of benzene rings is 2. The monoisotopic (exact) mass is 269 g/mol. The summed E-state index contributed by atoms with van der Waals surface area (Å²) < 4.78 is 0. The third-order valence-corrected chi connectivity index (χ3v) is 5.10. The Morgan fingerprint density at radius 1 is 1.05 bits per heavy atom. The summed E-state index contributed by atoms with van der Waals surface area (Å²) in [7, 11) is 0. The lowest BCUT2D eigenvalue weighted by Gasteiger charge is -2.25. The van der Waals surface area contributed by atoms with Crippen LogP contribution in [0.15, 0.2) is 53.4 Å². The molecule has 0 saturated heterocycles. The Kier molecular flexibility index (Phi) is 3.79. The average Bonchev–Trinajstić information content (AvgIpc) is 2.46. The molecule has 19 heavy (non-hydrogen) atoms. The Morgan fingerprint density at radius 2 is 1.84 bits per heavy atom. The molecule has 2 aromatic rings. The van der Waals surface area contributed by atoms with Crippen LogP contribution in [-0.2, 0) is 6.42 Å². The van der Waals surface area contributed by atoms with Crippen molar-refractivity contribution in [2.75, 3.05) is 11.5 Å². The number of fused-ring (bicyclic) bond motifs is 1. The van der Waals surface area contributed by atoms with Crippen LogP contribution in [0.2, 0.25) is 0 Å². The highest BCUT2D eigenvalue weighted by atomic mass is 32.2. The van der Waals surface area contributed by atoms with E-state index in [-0.39, 0.29) is 0 Å². The van der Waals surface area contributed by atoms with E-state index in [9.17, 15) is 0 Å². The third kappa shape index (κ3) is 2.79. The normalized spacial score (nSPS) is 18.0. The van der Waals surface area contributed by atoms with Crippen molar-refractivity contribution < 1.29 is 0 Å². The highest BCUT2D eigenvalue weighted by Gasteiger charge is 2.19. The van der Waals surface area contributed by atoms with Gasteiger partial charge < -0.3 is 5.73 Å². The van der Waals surface area contributed by atoms with E-state index in [1.165, 1.54) is 24.2 Å². The standard InChI is InChI=1S/C17H19NS/c18-16-10-3-4-11-17(16)19-12-14-8-5-7-13-6-1-2-9-15(13)14/h1-4,6,9-11,14H,5,7-8,12,18H2. The van der Waals surface area contributed by atoms with Gasteiger partial charge in [-0.3, -0.25) is 0 Å². The summed E-state index contributed by atoms with van der Waals surface area (Å²) in [5, 5.41) is 0. The summed E-state index contributed by atoms with van der Waals surface area (Å²) in [4.78, 5) is 1.21. The van der Waals surface area contributed by atoms with Crippen LogP contribution in [0.3, 0.4) is 0 Å². The van der Waals surface area contributed by atoms with Crippen LogP contribution in [0.4, 0.5) is 5.69 Å². The van der Waals surface area contributed by atoms with Crippen molar-refractivity contribution in [1.82, 2.24) is 0 Å². The molecule has 0 amide bonds. The van der Waals surface area contributed by atoms with Crippen molar-refractivity contribution in [1.29, 1.82) is 0 Å². The fourth-order valence-corrected chi connectivity index (χ4v) is 3.97. The Hall–Kier alpha value is -1.41. The summed E-state index contributed by atoms with van der Waals surface area (Å²) >= 11 is 1.89. The number of aryl methyl sites for hydroxylation is 1. The van der Waals surface area contributed by atoms with Crippen molar-refractivity contribution in [3.63, 3.8) is 0 Å². The van der Waals surface area contributed by atoms with Gasteiger partial charge in [0.1, 0.15) is 0 Å². The van der Waals surface area contributed by atoms with E-state index >= 15 is 0 Å². The molecular weight excluding hydrogens is 250 g/mol. The number of nitrogens with two attached hydrogens (primary N) is 1. The van der Waals surface area contributed by atoms with E-state index in [1.54, 1.807) is 11.1 Å². The minimum Gasteiger partial charge on any atom is -0.398 e. The van der Waals surface area contributed by atoms with Gasteiger partial charge in [-0.25, -0.2) is 0 Å². The zero-order valence-electron chi connectivity index (χ0n) is 11.0. The minimum atomic E-state index is 0.676. The predicted molar refractivity (Wildman–Crippen MR) is 83.7 cm³/mol. The Bertz CT molecular complexity index is 565. The van der Waals surface area contributed by atoms with Gasteiger partial charge in [0.15, 0.2) is 0 Å². The molecule has 1 nitrogen and oxygen atoms in total. The second-order valence-corrected chi connectivity index (χ2v) is 6.20. The number of anilines is 1. The highest BCUT2D eigenvalue weighted by Crippen LogP contribution is 2.36. The summed E-state index contributed by atoms with van der Waals surface area (Å²) in [5.41, 5.74) is 10.0. The van der Waals surface area contributed by atoms with Gasteiger partial charge >= 0.3 is 0 Å².